The monoisotopic (exact) mass is 326 g/mol. The molecule has 0 saturated carbocycles. The SMILES string of the molecule is COc1c(/C=C/C(=O)O)c(Br)c2ccoc2c1OC. The number of halogens is 1. The summed E-state index contributed by atoms with van der Waals surface area (Å²) in [5.41, 5.74) is 1.12. The van der Waals surface area contributed by atoms with Crippen molar-refractivity contribution < 1.29 is 23.8 Å². The highest BCUT2D eigenvalue weighted by Crippen LogP contribution is 2.45. The number of carbonyl (C=O) groups is 1. The van der Waals surface area contributed by atoms with Gasteiger partial charge < -0.3 is 19.0 Å². The van der Waals surface area contributed by atoms with Gasteiger partial charge in [0, 0.05) is 21.5 Å². The van der Waals surface area contributed by atoms with E-state index < -0.39 is 5.97 Å². The Morgan fingerprint density at radius 3 is 2.63 bits per heavy atom. The van der Waals surface area contributed by atoms with Gasteiger partial charge in [-0.1, -0.05) is 0 Å². The minimum Gasteiger partial charge on any atom is -0.492 e. The van der Waals surface area contributed by atoms with Gasteiger partial charge in [0.25, 0.3) is 0 Å². The third-order valence-corrected chi connectivity index (χ3v) is 3.45. The third kappa shape index (κ3) is 2.31. The van der Waals surface area contributed by atoms with Gasteiger partial charge in [-0.25, -0.2) is 4.79 Å². The molecule has 0 aliphatic rings. The highest BCUT2D eigenvalue weighted by molar-refractivity contribution is 9.10. The number of carboxylic acid groups (broad SMARTS) is 1. The van der Waals surface area contributed by atoms with Crippen molar-refractivity contribution in [2.45, 2.75) is 0 Å². The molecular weight excluding hydrogens is 316 g/mol. The molecule has 0 aliphatic carbocycles. The highest BCUT2D eigenvalue weighted by atomic mass is 79.9. The van der Waals surface area contributed by atoms with Crippen LogP contribution in [0.3, 0.4) is 0 Å². The quantitative estimate of drug-likeness (QED) is 0.873. The lowest BCUT2D eigenvalue weighted by molar-refractivity contribution is -0.131. The van der Waals surface area contributed by atoms with E-state index in [9.17, 15) is 4.79 Å². The predicted molar refractivity (Wildman–Crippen MR) is 73.7 cm³/mol. The van der Waals surface area contributed by atoms with Gasteiger partial charge >= 0.3 is 5.97 Å². The highest BCUT2D eigenvalue weighted by Gasteiger charge is 2.20. The van der Waals surface area contributed by atoms with E-state index in [0.29, 0.717) is 27.1 Å². The van der Waals surface area contributed by atoms with E-state index in [0.717, 1.165) is 11.5 Å². The first-order chi connectivity index (χ1) is 9.10. The first-order valence-corrected chi connectivity index (χ1v) is 6.11. The van der Waals surface area contributed by atoms with Gasteiger partial charge in [-0.15, -0.1) is 0 Å². The number of benzene rings is 1. The molecular formula is C13H11BrO5. The van der Waals surface area contributed by atoms with Crippen LogP contribution in [0, 0.1) is 0 Å². The molecule has 0 bridgehead atoms. The lowest BCUT2D eigenvalue weighted by atomic mass is 10.1. The Kier molecular flexibility index (Phi) is 3.80. The molecule has 0 fully saturated rings. The zero-order chi connectivity index (χ0) is 14.0. The van der Waals surface area contributed by atoms with Gasteiger partial charge in [-0.05, 0) is 28.1 Å². The predicted octanol–water partition coefficient (Wildman–Crippen LogP) is 3.31. The van der Waals surface area contributed by atoms with Gasteiger partial charge in [0.1, 0.15) is 0 Å². The first-order valence-electron chi connectivity index (χ1n) is 5.31. The van der Waals surface area contributed by atoms with Crippen molar-refractivity contribution in [3.05, 3.63) is 28.4 Å². The number of ether oxygens (including phenoxy) is 2. The lowest BCUT2D eigenvalue weighted by Gasteiger charge is -2.13. The molecule has 0 saturated heterocycles. The zero-order valence-corrected chi connectivity index (χ0v) is 11.9. The summed E-state index contributed by atoms with van der Waals surface area (Å²) < 4.78 is 16.6. The minimum atomic E-state index is -1.04. The van der Waals surface area contributed by atoms with E-state index >= 15 is 0 Å². The molecule has 0 unspecified atom stereocenters. The number of furan rings is 1. The number of fused-ring (bicyclic) bond motifs is 1. The van der Waals surface area contributed by atoms with E-state index in [1.54, 1.807) is 6.07 Å². The topological polar surface area (TPSA) is 68.9 Å². The van der Waals surface area contributed by atoms with Gasteiger partial charge in [0.15, 0.2) is 11.3 Å². The second kappa shape index (κ2) is 5.36. The largest absolute Gasteiger partial charge is 0.492 e. The van der Waals surface area contributed by atoms with Gasteiger partial charge in [0.2, 0.25) is 5.75 Å². The second-order valence-corrected chi connectivity index (χ2v) is 4.42. The summed E-state index contributed by atoms with van der Waals surface area (Å²) in [6.45, 7) is 0. The number of methoxy groups -OCH3 is 2. The van der Waals surface area contributed by atoms with E-state index in [1.165, 1.54) is 26.6 Å². The standard InChI is InChI=1S/C13H11BrO5/c1-17-11-7(3-4-9(15)16)10(14)8-5-6-19-12(8)13(11)18-2/h3-6H,1-2H3,(H,15,16)/b4-3+. The third-order valence-electron chi connectivity index (χ3n) is 2.60. The van der Waals surface area contributed by atoms with Crippen molar-refractivity contribution >= 4 is 38.9 Å². The fraction of sp³-hybridized carbons (Fsp3) is 0.154. The number of hydrogen-bond acceptors (Lipinski definition) is 4. The van der Waals surface area contributed by atoms with E-state index in [1.807, 2.05) is 0 Å². The first kappa shape index (κ1) is 13.5. The van der Waals surface area contributed by atoms with Crippen LogP contribution in [-0.2, 0) is 4.79 Å². The summed E-state index contributed by atoms with van der Waals surface area (Å²) in [6.07, 6.45) is 4.01. The van der Waals surface area contributed by atoms with Gasteiger partial charge in [0.05, 0.1) is 20.5 Å². The lowest BCUT2D eigenvalue weighted by Crippen LogP contribution is -1.96. The zero-order valence-electron chi connectivity index (χ0n) is 10.3. The molecule has 1 aromatic heterocycles. The fourth-order valence-corrected chi connectivity index (χ4v) is 2.44. The molecule has 5 nitrogen and oxygen atoms in total. The summed E-state index contributed by atoms with van der Waals surface area (Å²) >= 11 is 3.43. The van der Waals surface area contributed by atoms with Crippen molar-refractivity contribution in [3.8, 4) is 11.5 Å². The molecule has 1 N–H and O–H groups in total. The number of rotatable bonds is 4. The summed E-state index contributed by atoms with van der Waals surface area (Å²) in [6, 6.07) is 1.76. The van der Waals surface area contributed by atoms with Crippen LogP contribution in [-0.4, -0.2) is 25.3 Å². The molecule has 19 heavy (non-hydrogen) atoms. The van der Waals surface area contributed by atoms with Crippen molar-refractivity contribution in [2.24, 2.45) is 0 Å². The van der Waals surface area contributed by atoms with Crippen LogP contribution in [0.1, 0.15) is 5.56 Å². The maximum atomic E-state index is 10.7. The maximum absolute atomic E-state index is 10.7. The maximum Gasteiger partial charge on any atom is 0.328 e. The summed E-state index contributed by atoms with van der Waals surface area (Å²) in [4.78, 5) is 10.7. The van der Waals surface area contributed by atoms with Crippen molar-refractivity contribution in [2.75, 3.05) is 14.2 Å². The number of carboxylic acids is 1. The average Bonchev–Trinajstić information content (AvgIpc) is 2.86. The Morgan fingerprint density at radius 1 is 1.37 bits per heavy atom. The van der Waals surface area contributed by atoms with Crippen LogP contribution < -0.4 is 9.47 Å². The Hall–Kier alpha value is -1.95. The van der Waals surface area contributed by atoms with E-state index in [4.69, 9.17) is 19.0 Å². The van der Waals surface area contributed by atoms with Crippen molar-refractivity contribution in [3.63, 3.8) is 0 Å². The molecule has 0 spiro atoms. The fourth-order valence-electron chi connectivity index (χ4n) is 1.82. The average molecular weight is 327 g/mol. The smallest absolute Gasteiger partial charge is 0.328 e. The molecule has 2 rings (SSSR count). The van der Waals surface area contributed by atoms with Crippen LogP contribution in [0.2, 0.25) is 0 Å². The number of aliphatic carboxylic acids is 1. The molecule has 1 aromatic carbocycles. The molecule has 2 aromatic rings. The summed E-state index contributed by atoms with van der Waals surface area (Å²) in [7, 11) is 2.98. The van der Waals surface area contributed by atoms with Crippen LogP contribution >= 0.6 is 15.9 Å². The molecule has 0 aliphatic heterocycles. The Labute approximate surface area is 117 Å². The van der Waals surface area contributed by atoms with Crippen LogP contribution in [0.4, 0.5) is 0 Å². The summed E-state index contributed by atoms with van der Waals surface area (Å²) in [5, 5.41) is 9.52. The minimum absolute atomic E-state index is 0.411. The molecule has 100 valence electrons. The Balaban J connectivity index is 2.79. The van der Waals surface area contributed by atoms with Crippen LogP contribution in [0.5, 0.6) is 11.5 Å². The van der Waals surface area contributed by atoms with Crippen molar-refractivity contribution in [1.82, 2.24) is 0 Å². The molecule has 0 atom stereocenters. The van der Waals surface area contributed by atoms with Crippen LogP contribution in [0.15, 0.2) is 27.3 Å². The van der Waals surface area contributed by atoms with E-state index in [-0.39, 0.29) is 0 Å². The second-order valence-electron chi connectivity index (χ2n) is 3.63. The molecule has 0 radical (unpaired) electrons. The molecule has 6 heteroatoms. The molecule has 0 amide bonds. The normalized spacial score (nSPS) is 11.1. The number of hydrogen-bond donors (Lipinski definition) is 1. The Morgan fingerprint density at radius 2 is 2.05 bits per heavy atom. The van der Waals surface area contributed by atoms with E-state index in [2.05, 4.69) is 15.9 Å². The summed E-state index contributed by atoms with van der Waals surface area (Å²) in [5.74, 6) is -0.203. The van der Waals surface area contributed by atoms with Crippen molar-refractivity contribution in [1.29, 1.82) is 0 Å². The molecule has 1 heterocycles. The van der Waals surface area contributed by atoms with Crippen LogP contribution in [0.25, 0.3) is 17.0 Å². The van der Waals surface area contributed by atoms with Gasteiger partial charge in [-0.3, -0.25) is 0 Å². The van der Waals surface area contributed by atoms with Gasteiger partial charge in [-0.2, -0.15) is 0 Å². The Bertz CT molecular complexity index is 657.